The lowest BCUT2D eigenvalue weighted by atomic mass is 9.94. The number of carbonyl (C=O) groups is 2. The maximum absolute atomic E-state index is 14.2. The fourth-order valence-corrected chi connectivity index (χ4v) is 6.59. The number of fused-ring (bicyclic) bond motifs is 2. The van der Waals surface area contributed by atoms with Crippen molar-refractivity contribution >= 4 is 11.8 Å². The van der Waals surface area contributed by atoms with Gasteiger partial charge in [-0.05, 0) is 71.7 Å². The number of nitrogens with two attached hydrogens (primary N) is 1. The van der Waals surface area contributed by atoms with E-state index in [0.717, 1.165) is 18.2 Å². The quantitative estimate of drug-likeness (QED) is 0.312. The predicted octanol–water partition coefficient (Wildman–Crippen LogP) is 4.96. The average molecular weight is 616 g/mol. The third-order valence-corrected chi connectivity index (χ3v) is 8.62. The van der Waals surface area contributed by atoms with Crippen LogP contribution in [0, 0.1) is 35.2 Å². The van der Waals surface area contributed by atoms with Crippen molar-refractivity contribution in [1.82, 2.24) is 20.7 Å². The molecule has 3 aromatic rings. The Bertz CT molecular complexity index is 1670. The van der Waals surface area contributed by atoms with Gasteiger partial charge >= 0.3 is 6.18 Å². The minimum absolute atomic E-state index is 0.0657. The summed E-state index contributed by atoms with van der Waals surface area (Å²) in [6.07, 6.45) is -2.96. The highest BCUT2D eigenvalue weighted by molar-refractivity contribution is 5.94. The number of hydrogen-bond donors (Lipinski definition) is 3. The van der Waals surface area contributed by atoms with Gasteiger partial charge < -0.3 is 16.1 Å². The number of benzene rings is 2. The molecule has 44 heavy (non-hydrogen) atoms. The number of pyridine rings is 1. The van der Waals surface area contributed by atoms with Crippen molar-refractivity contribution < 1.29 is 35.9 Å². The molecule has 0 saturated heterocycles. The molecule has 5 atom stereocenters. The number of nitrogens with one attached hydrogen (secondary N) is 2. The summed E-state index contributed by atoms with van der Waals surface area (Å²) < 4.78 is 84.0. The smallest absolute Gasteiger partial charge is 0.366 e. The monoisotopic (exact) mass is 615 g/mol. The van der Waals surface area contributed by atoms with Crippen molar-refractivity contribution in [3.8, 4) is 11.1 Å². The third-order valence-electron chi connectivity index (χ3n) is 8.62. The Kier molecular flexibility index (Phi) is 7.39. The zero-order valence-electron chi connectivity index (χ0n) is 23.3. The van der Waals surface area contributed by atoms with Gasteiger partial charge in [-0.1, -0.05) is 19.1 Å². The maximum atomic E-state index is 14.2. The summed E-state index contributed by atoms with van der Waals surface area (Å²) >= 11 is 0. The molecule has 230 valence electrons. The Morgan fingerprint density at radius 2 is 1.84 bits per heavy atom. The molecule has 2 amide bonds. The Hall–Kier alpha value is -4.39. The summed E-state index contributed by atoms with van der Waals surface area (Å²) in [5.41, 5.74) is 9.23. The largest absolute Gasteiger partial charge is 0.409 e. The van der Waals surface area contributed by atoms with Gasteiger partial charge in [0.1, 0.15) is 30.0 Å². The highest BCUT2D eigenvalue weighted by Crippen LogP contribution is 2.63. The van der Waals surface area contributed by atoms with Crippen molar-refractivity contribution in [2.75, 3.05) is 6.54 Å². The summed E-state index contributed by atoms with van der Waals surface area (Å²) in [4.78, 5) is 29.7. The predicted molar refractivity (Wildman–Crippen MR) is 147 cm³/mol. The first kappa shape index (κ1) is 29.7. The van der Waals surface area contributed by atoms with Crippen LogP contribution in [0.1, 0.15) is 41.0 Å². The van der Waals surface area contributed by atoms with Crippen molar-refractivity contribution in [3.63, 3.8) is 0 Å². The zero-order chi connectivity index (χ0) is 31.5. The van der Waals surface area contributed by atoms with Crippen LogP contribution in [0.15, 0.2) is 66.0 Å². The van der Waals surface area contributed by atoms with Crippen LogP contribution in [0.5, 0.6) is 0 Å². The van der Waals surface area contributed by atoms with Gasteiger partial charge in [0, 0.05) is 29.4 Å². The number of halogens is 6. The number of nitrogens with zero attached hydrogens (tertiary/aromatic N) is 2. The first-order chi connectivity index (χ1) is 20.8. The van der Waals surface area contributed by atoms with E-state index in [0.29, 0.717) is 29.3 Å². The van der Waals surface area contributed by atoms with Gasteiger partial charge in [-0.25, -0.2) is 18.6 Å². The number of hydrogen-bond acceptors (Lipinski definition) is 5. The van der Waals surface area contributed by atoms with Crippen LogP contribution in [0.3, 0.4) is 0 Å². The van der Waals surface area contributed by atoms with E-state index in [1.54, 1.807) is 12.1 Å². The Balaban J connectivity index is 1.32. The summed E-state index contributed by atoms with van der Waals surface area (Å²) in [6, 6.07) is 6.80. The van der Waals surface area contributed by atoms with Crippen molar-refractivity contribution in [3.05, 3.63) is 100 Å². The van der Waals surface area contributed by atoms with Crippen molar-refractivity contribution in [2.45, 2.75) is 38.0 Å². The van der Waals surface area contributed by atoms with Crippen LogP contribution in [-0.2, 0) is 11.2 Å². The molecule has 1 unspecified atom stereocenters. The van der Waals surface area contributed by atoms with Crippen LogP contribution < -0.4 is 16.5 Å². The maximum Gasteiger partial charge on any atom is 0.409 e. The second-order valence-electron chi connectivity index (χ2n) is 11.5. The SMILES string of the molecule is C[C@H]1[C@H]2CC3=C([C@@H]12)N(CC(=O)N[C@@H](Cc1cc(F)cc(F)c1)c1ncccc1-c1ccc(F)c(C(N)=O)c1)NC3C(F)(F)F. The molecule has 13 heteroatoms. The fraction of sp³-hybridized carbons (Fsp3) is 0.323. The molecule has 2 aliphatic carbocycles. The van der Waals surface area contributed by atoms with Crippen LogP contribution in [-0.4, -0.2) is 40.6 Å². The first-order valence-corrected chi connectivity index (χ1v) is 13.9. The van der Waals surface area contributed by atoms with E-state index in [1.165, 1.54) is 23.3 Å². The molecule has 0 radical (unpaired) electrons. The van der Waals surface area contributed by atoms with Gasteiger partial charge in [-0.15, -0.1) is 0 Å². The highest BCUT2D eigenvalue weighted by Gasteiger charge is 2.62. The van der Waals surface area contributed by atoms with Gasteiger partial charge in [-0.3, -0.25) is 14.6 Å². The second kappa shape index (κ2) is 11.0. The number of amides is 2. The molecule has 7 nitrogen and oxygen atoms in total. The van der Waals surface area contributed by atoms with E-state index in [1.807, 2.05) is 6.92 Å². The molecule has 1 fully saturated rings. The van der Waals surface area contributed by atoms with Gasteiger partial charge in [-0.2, -0.15) is 13.2 Å². The Morgan fingerprint density at radius 1 is 1.11 bits per heavy atom. The molecule has 0 spiro atoms. The highest BCUT2D eigenvalue weighted by atomic mass is 19.4. The lowest BCUT2D eigenvalue weighted by Crippen LogP contribution is -2.49. The minimum Gasteiger partial charge on any atom is -0.366 e. The molecule has 3 aliphatic rings. The summed E-state index contributed by atoms with van der Waals surface area (Å²) in [7, 11) is 0. The lowest BCUT2D eigenvalue weighted by Gasteiger charge is -2.27. The van der Waals surface area contributed by atoms with Crippen molar-refractivity contribution in [1.29, 1.82) is 0 Å². The number of rotatable bonds is 8. The van der Waals surface area contributed by atoms with Gasteiger partial charge in [0.15, 0.2) is 0 Å². The minimum atomic E-state index is -4.54. The van der Waals surface area contributed by atoms with Gasteiger partial charge in [0.25, 0.3) is 5.91 Å². The number of hydrazine groups is 1. The van der Waals surface area contributed by atoms with E-state index >= 15 is 0 Å². The van der Waals surface area contributed by atoms with Gasteiger partial charge in [0.05, 0.1) is 17.3 Å². The van der Waals surface area contributed by atoms with Crippen LogP contribution >= 0.6 is 0 Å². The molecule has 2 aromatic carbocycles. The molecule has 6 rings (SSSR count). The number of aromatic nitrogens is 1. The normalized spacial score (nSPS) is 22.9. The number of allylic oxidation sites excluding steroid dienone is 1. The number of primary amides is 1. The lowest BCUT2D eigenvalue weighted by molar-refractivity contribution is -0.153. The number of carbonyl (C=O) groups excluding carboxylic acids is 2. The molecule has 1 saturated carbocycles. The van der Waals surface area contributed by atoms with E-state index in [2.05, 4.69) is 15.7 Å². The topological polar surface area (TPSA) is 100 Å². The van der Waals surface area contributed by atoms with E-state index in [9.17, 15) is 35.9 Å². The molecule has 1 aromatic heterocycles. The molecular weight excluding hydrogens is 588 g/mol. The van der Waals surface area contributed by atoms with E-state index in [-0.39, 0.29) is 46.6 Å². The van der Waals surface area contributed by atoms with E-state index < -0.39 is 54.1 Å². The molecule has 0 bridgehead atoms. The third kappa shape index (κ3) is 5.51. The fourth-order valence-electron chi connectivity index (χ4n) is 6.59. The van der Waals surface area contributed by atoms with E-state index in [4.69, 9.17) is 5.73 Å². The van der Waals surface area contributed by atoms with Crippen molar-refractivity contribution in [2.24, 2.45) is 23.5 Å². The Labute approximate surface area is 248 Å². The molecular formula is C31H27F6N5O2. The summed E-state index contributed by atoms with van der Waals surface area (Å²) in [5.74, 6) is -3.93. The number of alkyl halides is 3. The average Bonchev–Trinajstić information content (AvgIpc) is 3.25. The standard InChI is InChI=1S/C31H27F6N5O2/c1-14-20-12-22-28(26(14)20)42(41-29(22)31(35,36)37)13-25(43)40-24(9-15-7-17(32)11-18(33)8-15)27-19(3-2-6-39-27)16-4-5-23(34)21(10-16)30(38)44/h2-8,10-11,14,20,24,26,29,41H,9,12-13H2,1H3,(H2,38,44)(H,40,43)/t14-,20+,24-,26-,29?/m0/s1. The summed E-state index contributed by atoms with van der Waals surface area (Å²) in [6.45, 7) is 1.51. The van der Waals surface area contributed by atoms with Crippen LogP contribution in [0.25, 0.3) is 11.1 Å². The zero-order valence-corrected chi connectivity index (χ0v) is 23.3. The van der Waals surface area contributed by atoms with Crippen LogP contribution in [0.4, 0.5) is 26.3 Å². The first-order valence-electron chi connectivity index (χ1n) is 13.9. The van der Waals surface area contributed by atoms with Gasteiger partial charge in [0.2, 0.25) is 5.91 Å². The van der Waals surface area contributed by atoms with Crippen LogP contribution in [0.2, 0.25) is 0 Å². The molecule has 1 aliphatic heterocycles. The molecule has 2 heterocycles. The second-order valence-corrected chi connectivity index (χ2v) is 11.5. The Morgan fingerprint density at radius 3 is 2.52 bits per heavy atom. The summed E-state index contributed by atoms with van der Waals surface area (Å²) in [5, 5.41) is 4.04. The molecule has 4 N–H and O–H groups in total.